The van der Waals surface area contributed by atoms with Crippen LogP contribution in [0, 0.1) is 5.41 Å². The second kappa shape index (κ2) is 5.48. The van der Waals surface area contributed by atoms with E-state index >= 15 is 0 Å². The Bertz CT molecular complexity index is 437. The van der Waals surface area contributed by atoms with Crippen molar-refractivity contribution in [3.63, 3.8) is 0 Å². The van der Waals surface area contributed by atoms with Crippen LogP contribution >= 0.6 is 0 Å². The molecule has 0 spiro atoms. The van der Waals surface area contributed by atoms with Crippen LogP contribution < -0.4 is 9.64 Å². The number of benzene rings is 1. The summed E-state index contributed by atoms with van der Waals surface area (Å²) in [5, 5.41) is 9.42. The lowest BCUT2D eigenvalue weighted by Crippen LogP contribution is -2.42. The van der Waals surface area contributed by atoms with Crippen molar-refractivity contribution in [2.45, 2.75) is 6.42 Å². The van der Waals surface area contributed by atoms with Crippen molar-refractivity contribution in [2.75, 3.05) is 38.8 Å². The summed E-state index contributed by atoms with van der Waals surface area (Å²) < 4.78 is 10.4. The number of carboxylic acids is 1. The largest absolute Gasteiger partial charge is 0.497 e. The Morgan fingerprint density at radius 3 is 2.63 bits per heavy atom. The van der Waals surface area contributed by atoms with E-state index in [1.54, 1.807) is 7.11 Å². The standard InChI is InChI=1S/C14H19NO4/c1-15(11-3-5-12(18-2)6-4-11)9-14(13(16)17)7-8-19-10-14/h3-6H,7-10H2,1-2H3,(H,16,17). The molecule has 0 amide bonds. The Morgan fingerprint density at radius 1 is 1.47 bits per heavy atom. The number of nitrogens with zero attached hydrogens (tertiary/aromatic N) is 1. The number of carboxylic acid groups (broad SMARTS) is 1. The highest BCUT2D eigenvalue weighted by molar-refractivity contribution is 5.76. The number of ether oxygens (including phenoxy) is 2. The van der Waals surface area contributed by atoms with Gasteiger partial charge < -0.3 is 19.5 Å². The van der Waals surface area contributed by atoms with E-state index in [2.05, 4.69) is 0 Å². The molecule has 1 aliphatic rings. The summed E-state index contributed by atoms with van der Waals surface area (Å²) in [5.74, 6) is -0.000316. The first-order valence-electron chi connectivity index (χ1n) is 6.24. The van der Waals surface area contributed by atoms with E-state index in [0.717, 1.165) is 11.4 Å². The van der Waals surface area contributed by atoms with Gasteiger partial charge in [0.2, 0.25) is 0 Å². The molecule has 0 aliphatic carbocycles. The van der Waals surface area contributed by atoms with Gasteiger partial charge in [0.05, 0.1) is 13.7 Å². The van der Waals surface area contributed by atoms with Gasteiger partial charge in [0.15, 0.2) is 0 Å². The van der Waals surface area contributed by atoms with Crippen LogP contribution in [0.15, 0.2) is 24.3 Å². The highest BCUT2D eigenvalue weighted by Gasteiger charge is 2.43. The average Bonchev–Trinajstić information content (AvgIpc) is 2.88. The highest BCUT2D eigenvalue weighted by Crippen LogP contribution is 2.31. The molecule has 1 unspecified atom stereocenters. The maximum absolute atomic E-state index is 11.5. The number of hydrogen-bond donors (Lipinski definition) is 1. The van der Waals surface area contributed by atoms with Crippen molar-refractivity contribution in [1.29, 1.82) is 0 Å². The van der Waals surface area contributed by atoms with E-state index in [4.69, 9.17) is 9.47 Å². The van der Waals surface area contributed by atoms with Crippen molar-refractivity contribution in [2.24, 2.45) is 5.41 Å². The van der Waals surface area contributed by atoms with Crippen molar-refractivity contribution < 1.29 is 19.4 Å². The molecule has 19 heavy (non-hydrogen) atoms. The van der Waals surface area contributed by atoms with E-state index in [1.807, 2.05) is 36.2 Å². The van der Waals surface area contributed by atoms with Crippen LogP contribution in [0.4, 0.5) is 5.69 Å². The first-order chi connectivity index (χ1) is 9.07. The molecule has 1 aromatic carbocycles. The average molecular weight is 265 g/mol. The topological polar surface area (TPSA) is 59.0 Å². The normalized spacial score (nSPS) is 22.2. The van der Waals surface area contributed by atoms with Crippen LogP contribution in [0.3, 0.4) is 0 Å². The fraction of sp³-hybridized carbons (Fsp3) is 0.500. The summed E-state index contributed by atoms with van der Waals surface area (Å²) in [6.07, 6.45) is 0.558. The number of rotatable bonds is 5. The first kappa shape index (κ1) is 13.7. The lowest BCUT2D eigenvalue weighted by atomic mass is 9.87. The molecule has 5 nitrogen and oxygen atoms in total. The maximum atomic E-state index is 11.5. The lowest BCUT2D eigenvalue weighted by Gasteiger charge is -2.29. The SMILES string of the molecule is COc1ccc(N(C)CC2(C(=O)O)CCOC2)cc1. The van der Waals surface area contributed by atoms with Crippen molar-refractivity contribution >= 4 is 11.7 Å². The van der Waals surface area contributed by atoms with E-state index in [-0.39, 0.29) is 6.61 Å². The minimum Gasteiger partial charge on any atom is -0.497 e. The van der Waals surface area contributed by atoms with E-state index in [9.17, 15) is 9.90 Å². The summed E-state index contributed by atoms with van der Waals surface area (Å²) in [6, 6.07) is 7.57. The van der Waals surface area contributed by atoms with Gasteiger partial charge in [-0.1, -0.05) is 0 Å². The predicted octanol–water partition coefficient (Wildman–Crippen LogP) is 1.62. The Balaban J connectivity index is 2.10. The molecule has 0 bridgehead atoms. The van der Waals surface area contributed by atoms with Gasteiger partial charge in [-0.15, -0.1) is 0 Å². The molecule has 1 atom stereocenters. The van der Waals surface area contributed by atoms with Crippen molar-refractivity contribution in [3.8, 4) is 5.75 Å². The number of carbonyl (C=O) groups is 1. The fourth-order valence-electron chi connectivity index (χ4n) is 2.35. The molecule has 2 rings (SSSR count). The molecule has 0 aromatic heterocycles. The maximum Gasteiger partial charge on any atom is 0.313 e. The van der Waals surface area contributed by atoms with Gasteiger partial charge in [0.25, 0.3) is 0 Å². The smallest absolute Gasteiger partial charge is 0.313 e. The predicted molar refractivity (Wildman–Crippen MR) is 71.8 cm³/mol. The first-order valence-corrected chi connectivity index (χ1v) is 6.24. The lowest BCUT2D eigenvalue weighted by molar-refractivity contribution is -0.148. The van der Waals surface area contributed by atoms with Gasteiger partial charge in [0.1, 0.15) is 11.2 Å². The van der Waals surface area contributed by atoms with Gasteiger partial charge in [-0.25, -0.2) is 0 Å². The summed E-state index contributed by atoms with van der Waals surface area (Å²) in [5.41, 5.74) is 0.169. The van der Waals surface area contributed by atoms with Crippen LogP contribution in [-0.4, -0.2) is 45.0 Å². The molecule has 1 saturated heterocycles. The molecule has 1 aromatic rings. The molecule has 0 saturated carbocycles. The number of hydrogen-bond acceptors (Lipinski definition) is 4. The molecule has 5 heteroatoms. The van der Waals surface area contributed by atoms with E-state index < -0.39 is 11.4 Å². The van der Waals surface area contributed by atoms with Crippen LogP contribution in [0.1, 0.15) is 6.42 Å². The Morgan fingerprint density at radius 2 is 2.16 bits per heavy atom. The molecule has 1 N–H and O–H groups in total. The fourth-order valence-corrected chi connectivity index (χ4v) is 2.35. The Hall–Kier alpha value is -1.75. The molecule has 0 radical (unpaired) electrons. The minimum atomic E-state index is -0.797. The molecule has 1 heterocycles. The van der Waals surface area contributed by atoms with Crippen LogP contribution in [-0.2, 0) is 9.53 Å². The third kappa shape index (κ3) is 2.81. The third-order valence-corrected chi connectivity index (χ3v) is 3.61. The summed E-state index contributed by atoms with van der Waals surface area (Å²) in [7, 11) is 3.51. The second-order valence-corrected chi connectivity index (χ2v) is 4.94. The molecular weight excluding hydrogens is 246 g/mol. The summed E-state index contributed by atoms with van der Waals surface area (Å²) >= 11 is 0. The van der Waals surface area contributed by atoms with Gasteiger partial charge >= 0.3 is 5.97 Å². The third-order valence-electron chi connectivity index (χ3n) is 3.61. The zero-order valence-electron chi connectivity index (χ0n) is 11.3. The summed E-state index contributed by atoms with van der Waals surface area (Å²) in [6.45, 7) is 1.24. The molecule has 104 valence electrons. The zero-order chi connectivity index (χ0) is 13.9. The molecular formula is C14H19NO4. The van der Waals surface area contributed by atoms with E-state index in [0.29, 0.717) is 19.6 Å². The second-order valence-electron chi connectivity index (χ2n) is 4.94. The van der Waals surface area contributed by atoms with Gasteiger partial charge in [-0.2, -0.15) is 0 Å². The van der Waals surface area contributed by atoms with Crippen molar-refractivity contribution in [3.05, 3.63) is 24.3 Å². The van der Waals surface area contributed by atoms with E-state index in [1.165, 1.54) is 0 Å². The van der Waals surface area contributed by atoms with Gasteiger partial charge in [0, 0.05) is 25.9 Å². The monoisotopic (exact) mass is 265 g/mol. The number of aliphatic carboxylic acids is 1. The minimum absolute atomic E-state index is 0.281. The number of anilines is 1. The van der Waals surface area contributed by atoms with Crippen LogP contribution in [0.5, 0.6) is 5.75 Å². The zero-order valence-corrected chi connectivity index (χ0v) is 11.3. The highest BCUT2D eigenvalue weighted by atomic mass is 16.5. The Kier molecular flexibility index (Phi) is 3.95. The Labute approximate surface area is 112 Å². The van der Waals surface area contributed by atoms with Gasteiger partial charge in [-0.05, 0) is 30.7 Å². The van der Waals surface area contributed by atoms with Gasteiger partial charge in [-0.3, -0.25) is 4.79 Å². The quantitative estimate of drug-likeness (QED) is 0.876. The number of methoxy groups -OCH3 is 1. The van der Waals surface area contributed by atoms with Crippen LogP contribution in [0.2, 0.25) is 0 Å². The molecule has 1 fully saturated rings. The van der Waals surface area contributed by atoms with Crippen LogP contribution in [0.25, 0.3) is 0 Å². The molecule has 1 aliphatic heterocycles. The van der Waals surface area contributed by atoms with Crippen molar-refractivity contribution in [1.82, 2.24) is 0 Å². The summed E-state index contributed by atoms with van der Waals surface area (Å²) in [4.78, 5) is 13.4.